The Hall–Kier alpha value is -1.26. The van der Waals surface area contributed by atoms with Gasteiger partial charge >= 0.3 is 6.09 Å². The third-order valence-corrected chi connectivity index (χ3v) is 4.84. The van der Waals surface area contributed by atoms with Crippen LogP contribution in [0.3, 0.4) is 0 Å². The topological polar surface area (TPSA) is 49.9 Å². The summed E-state index contributed by atoms with van der Waals surface area (Å²) >= 11 is 0. The Balaban J connectivity index is 1.80. The van der Waals surface area contributed by atoms with Gasteiger partial charge in [-0.3, -0.25) is 4.79 Å². The van der Waals surface area contributed by atoms with Gasteiger partial charge < -0.3 is 14.5 Å². The summed E-state index contributed by atoms with van der Waals surface area (Å²) in [5.41, 5.74) is 0. The molecule has 0 aromatic carbocycles. The van der Waals surface area contributed by atoms with Gasteiger partial charge in [0.15, 0.2) is 0 Å². The maximum Gasteiger partial charge on any atom is 0.409 e. The molecule has 5 heteroatoms. The van der Waals surface area contributed by atoms with Gasteiger partial charge in [0.1, 0.15) is 0 Å². The average Bonchev–Trinajstić information content (AvgIpc) is 2.54. The van der Waals surface area contributed by atoms with Gasteiger partial charge in [-0.1, -0.05) is 19.3 Å². The number of likely N-dealkylation sites (tertiary alicyclic amines) is 1. The van der Waals surface area contributed by atoms with E-state index in [1.165, 1.54) is 19.3 Å². The van der Waals surface area contributed by atoms with E-state index < -0.39 is 0 Å². The second-order valence-electron chi connectivity index (χ2n) is 6.20. The van der Waals surface area contributed by atoms with Crippen LogP contribution in [0.5, 0.6) is 0 Å². The monoisotopic (exact) mass is 296 g/mol. The van der Waals surface area contributed by atoms with Crippen molar-refractivity contribution in [1.29, 1.82) is 0 Å². The molecular weight excluding hydrogens is 268 g/mol. The zero-order chi connectivity index (χ0) is 15.2. The molecule has 2 rings (SSSR count). The first-order valence-corrected chi connectivity index (χ1v) is 8.31. The van der Waals surface area contributed by atoms with Crippen LogP contribution in [0.25, 0.3) is 0 Å². The molecule has 0 spiro atoms. The summed E-state index contributed by atoms with van der Waals surface area (Å²) in [4.78, 5) is 27.9. The summed E-state index contributed by atoms with van der Waals surface area (Å²) in [5, 5.41) is 0. The number of nitrogens with zero attached hydrogens (tertiary/aromatic N) is 2. The predicted octanol–water partition coefficient (Wildman–Crippen LogP) is 2.65. The zero-order valence-corrected chi connectivity index (χ0v) is 13.3. The van der Waals surface area contributed by atoms with Crippen LogP contribution in [0, 0.1) is 5.92 Å². The molecule has 1 saturated carbocycles. The highest BCUT2D eigenvalue weighted by Crippen LogP contribution is 2.27. The van der Waals surface area contributed by atoms with Crippen LogP contribution in [-0.4, -0.2) is 54.6 Å². The van der Waals surface area contributed by atoms with Gasteiger partial charge in [0, 0.05) is 32.1 Å². The Labute approximate surface area is 127 Å². The molecule has 0 unspecified atom stereocenters. The first-order valence-electron chi connectivity index (χ1n) is 8.31. The molecule has 5 nitrogen and oxygen atoms in total. The number of hydrogen-bond acceptors (Lipinski definition) is 3. The zero-order valence-electron chi connectivity index (χ0n) is 13.3. The normalized spacial score (nSPS) is 21.1. The fourth-order valence-electron chi connectivity index (χ4n) is 3.47. The first-order chi connectivity index (χ1) is 10.1. The molecule has 1 heterocycles. The minimum Gasteiger partial charge on any atom is -0.450 e. The number of amides is 2. The fourth-order valence-corrected chi connectivity index (χ4v) is 3.47. The van der Waals surface area contributed by atoms with Gasteiger partial charge in [0.2, 0.25) is 5.91 Å². The standard InChI is InChI=1S/C16H28N2O3/c1-3-21-16(20)18-11-9-14(10-12-18)17(2)15(19)13-7-5-4-6-8-13/h13-14H,3-12H2,1-2H3. The minimum absolute atomic E-state index is 0.225. The van der Waals surface area contributed by atoms with Crippen molar-refractivity contribution < 1.29 is 14.3 Å². The molecule has 2 fully saturated rings. The van der Waals surface area contributed by atoms with E-state index in [9.17, 15) is 9.59 Å². The van der Waals surface area contributed by atoms with Crippen LogP contribution in [-0.2, 0) is 9.53 Å². The molecular formula is C16H28N2O3. The van der Waals surface area contributed by atoms with Crippen molar-refractivity contribution in [3.8, 4) is 0 Å². The van der Waals surface area contributed by atoms with Crippen molar-refractivity contribution in [1.82, 2.24) is 9.80 Å². The lowest BCUT2D eigenvalue weighted by Crippen LogP contribution is -2.48. The fraction of sp³-hybridized carbons (Fsp3) is 0.875. The molecule has 2 aliphatic rings. The molecule has 21 heavy (non-hydrogen) atoms. The lowest BCUT2D eigenvalue weighted by molar-refractivity contribution is -0.138. The molecule has 1 saturated heterocycles. The van der Waals surface area contributed by atoms with Crippen molar-refractivity contribution >= 4 is 12.0 Å². The second kappa shape index (κ2) is 7.66. The molecule has 1 aliphatic carbocycles. The minimum atomic E-state index is -0.225. The molecule has 0 N–H and O–H groups in total. The number of carbonyl (C=O) groups excluding carboxylic acids is 2. The molecule has 2 amide bonds. The molecule has 0 aromatic rings. The molecule has 0 aromatic heterocycles. The lowest BCUT2D eigenvalue weighted by atomic mass is 9.87. The van der Waals surface area contributed by atoms with Gasteiger partial charge in [-0.05, 0) is 32.6 Å². The first kappa shape index (κ1) is 16.1. The molecule has 1 aliphatic heterocycles. The van der Waals surface area contributed by atoms with E-state index in [2.05, 4.69) is 0 Å². The highest BCUT2D eigenvalue weighted by molar-refractivity contribution is 5.79. The maximum absolute atomic E-state index is 12.5. The van der Waals surface area contributed by atoms with Crippen molar-refractivity contribution in [2.24, 2.45) is 5.92 Å². The van der Waals surface area contributed by atoms with E-state index in [4.69, 9.17) is 4.74 Å². The summed E-state index contributed by atoms with van der Waals surface area (Å²) in [5.74, 6) is 0.538. The predicted molar refractivity (Wildman–Crippen MR) is 81.0 cm³/mol. The van der Waals surface area contributed by atoms with Gasteiger partial charge in [-0.25, -0.2) is 4.79 Å². The average molecular weight is 296 g/mol. The summed E-state index contributed by atoms with van der Waals surface area (Å²) in [6.07, 6.45) is 7.22. The molecule has 0 bridgehead atoms. The van der Waals surface area contributed by atoms with Crippen LogP contribution in [0.15, 0.2) is 0 Å². The van der Waals surface area contributed by atoms with E-state index >= 15 is 0 Å². The maximum atomic E-state index is 12.5. The number of rotatable bonds is 3. The Kier molecular flexibility index (Phi) is 5.88. The van der Waals surface area contributed by atoms with E-state index in [0.717, 1.165) is 25.7 Å². The summed E-state index contributed by atoms with van der Waals surface area (Å²) < 4.78 is 5.03. The lowest BCUT2D eigenvalue weighted by Gasteiger charge is -2.38. The Morgan fingerprint density at radius 1 is 1.10 bits per heavy atom. The van der Waals surface area contributed by atoms with Crippen molar-refractivity contribution in [2.45, 2.75) is 57.9 Å². The van der Waals surface area contributed by atoms with Gasteiger partial charge in [-0.2, -0.15) is 0 Å². The second-order valence-corrected chi connectivity index (χ2v) is 6.20. The van der Waals surface area contributed by atoms with Crippen LogP contribution in [0.2, 0.25) is 0 Å². The number of ether oxygens (including phenoxy) is 1. The van der Waals surface area contributed by atoms with Crippen LogP contribution in [0.4, 0.5) is 4.79 Å². The molecule has 0 atom stereocenters. The summed E-state index contributed by atoms with van der Waals surface area (Å²) in [6.45, 7) is 3.61. The summed E-state index contributed by atoms with van der Waals surface area (Å²) in [7, 11) is 1.93. The van der Waals surface area contributed by atoms with E-state index in [1.807, 2.05) is 18.9 Å². The van der Waals surface area contributed by atoms with Crippen molar-refractivity contribution in [3.63, 3.8) is 0 Å². The highest BCUT2D eigenvalue weighted by atomic mass is 16.6. The van der Waals surface area contributed by atoms with Crippen LogP contribution in [0.1, 0.15) is 51.9 Å². The number of piperidine rings is 1. The molecule has 0 radical (unpaired) electrons. The van der Waals surface area contributed by atoms with Crippen LogP contribution >= 0.6 is 0 Å². The van der Waals surface area contributed by atoms with Crippen molar-refractivity contribution in [2.75, 3.05) is 26.7 Å². The van der Waals surface area contributed by atoms with Crippen LogP contribution < -0.4 is 0 Å². The largest absolute Gasteiger partial charge is 0.450 e. The third-order valence-electron chi connectivity index (χ3n) is 4.84. The third kappa shape index (κ3) is 4.11. The van der Waals surface area contributed by atoms with Crippen molar-refractivity contribution in [3.05, 3.63) is 0 Å². The van der Waals surface area contributed by atoms with Gasteiger partial charge in [0.05, 0.1) is 6.61 Å². The Morgan fingerprint density at radius 2 is 1.71 bits per heavy atom. The highest BCUT2D eigenvalue weighted by Gasteiger charge is 2.31. The van der Waals surface area contributed by atoms with E-state index in [-0.39, 0.29) is 18.1 Å². The smallest absolute Gasteiger partial charge is 0.409 e. The quantitative estimate of drug-likeness (QED) is 0.804. The van der Waals surface area contributed by atoms with E-state index in [0.29, 0.717) is 25.6 Å². The van der Waals surface area contributed by atoms with Gasteiger partial charge in [-0.15, -0.1) is 0 Å². The SMILES string of the molecule is CCOC(=O)N1CCC(N(C)C(=O)C2CCCCC2)CC1. The Bertz CT molecular complexity index is 359. The number of hydrogen-bond donors (Lipinski definition) is 0. The van der Waals surface area contributed by atoms with E-state index in [1.54, 1.807) is 4.90 Å². The molecule has 120 valence electrons. The van der Waals surface area contributed by atoms with Gasteiger partial charge in [0.25, 0.3) is 0 Å². The number of carbonyl (C=O) groups is 2. The Morgan fingerprint density at radius 3 is 2.29 bits per heavy atom. The summed E-state index contributed by atoms with van der Waals surface area (Å²) in [6, 6.07) is 0.269.